The number of carbonyl (C=O) groups is 1. The van der Waals surface area contributed by atoms with Crippen molar-refractivity contribution in [3.05, 3.63) is 28.4 Å². The molecule has 7 heteroatoms. The van der Waals surface area contributed by atoms with Gasteiger partial charge in [-0.05, 0) is 32.0 Å². The van der Waals surface area contributed by atoms with Gasteiger partial charge in [-0.1, -0.05) is 15.9 Å². The topological polar surface area (TPSA) is 61.0 Å². The molecule has 0 aliphatic carbocycles. The first kappa shape index (κ1) is 16.3. The number of hydrogen-bond donors (Lipinski definition) is 2. The highest BCUT2D eigenvalue weighted by molar-refractivity contribution is 9.10. The molecule has 2 atom stereocenters. The lowest BCUT2D eigenvalue weighted by Crippen LogP contribution is -2.57. The van der Waals surface area contributed by atoms with Crippen molar-refractivity contribution in [2.45, 2.75) is 25.9 Å². The van der Waals surface area contributed by atoms with Gasteiger partial charge in [-0.15, -0.1) is 12.4 Å². The van der Waals surface area contributed by atoms with Gasteiger partial charge in [0, 0.05) is 35.0 Å². The summed E-state index contributed by atoms with van der Waals surface area (Å²) >= 11 is 3.44. The Morgan fingerprint density at radius 2 is 2.19 bits per heavy atom. The molecule has 1 aromatic carbocycles. The number of piperazine rings is 1. The van der Waals surface area contributed by atoms with Gasteiger partial charge in [0.2, 0.25) is 0 Å². The van der Waals surface area contributed by atoms with Crippen molar-refractivity contribution in [3.63, 3.8) is 0 Å². The van der Waals surface area contributed by atoms with Gasteiger partial charge in [-0.25, -0.2) is 0 Å². The molecule has 1 aliphatic heterocycles. The fraction of sp³-hybridized carbons (Fsp3) is 0.429. The summed E-state index contributed by atoms with van der Waals surface area (Å²) in [6, 6.07) is 6.25. The first-order chi connectivity index (χ1) is 9.58. The number of halogens is 2. The van der Waals surface area contributed by atoms with Crippen molar-refractivity contribution in [3.8, 4) is 0 Å². The van der Waals surface area contributed by atoms with Crippen LogP contribution in [-0.2, 0) is 0 Å². The summed E-state index contributed by atoms with van der Waals surface area (Å²) in [4.78, 5) is 14.6. The molecule has 3 rings (SSSR count). The fourth-order valence-electron chi connectivity index (χ4n) is 2.63. The summed E-state index contributed by atoms with van der Waals surface area (Å²) < 4.78 is 0.946. The molecule has 1 fully saturated rings. The van der Waals surface area contributed by atoms with Crippen LogP contribution in [0.4, 0.5) is 0 Å². The molecule has 5 nitrogen and oxygen atoms in total. The summed E-state index contributed by atoms with van der Waals surface area (Å²) in [7, 11) is 0. The summed E-state index contributed by atoms with van der Waals surface area (Å²) in [5.74, 6) is -0.00444. The van der Waals surface area contributed by atoms with Crippen LogP contribution in [0.15, 0.2) is 22.7 Å². The Bertz CT molecular complexity index is 659. The van der Waals surface area contributed by atoms with Crippen LogP contribution in [0.2, 0.25) is 0 Å². The van der Waals surface area contributed by atoms with Crippen molar-refractivity contribution >= 4 is 45.1 Å². The van der Waals surface area contributed by atoms with E-state index in [0.29, 0.717) is 18.3 Å². The van der Waals surface area contributed by atoms with Crippen LogP contribution in [-0.4, -0.2) is 46.2 Å². The van der Waals surface area contributed by atoms with E-state index in [2.05, 4.69) is 45.3 Å². The number of carbonyl (C=O) groups excluding carboxylic acids is 1. The first-order valence-electron chi connectivity index (χ1n) is 6.76. The van der Waals surface area contributed by atoms with Crippen LogP contribution < -0.4 is 5.32 Å². The average molecular weight is 374 g/mol. The van der Waals surface area contributed by atoms with Gasteiger partial charge in [0.1, 0.15) is 0 Å². The number of nitrogens with zero attached hydrogens (tertiary/aromatic N) is 2. The number of amides is 1. The van der Waals surface area contributed by atoms with Gasteiger partial charge in [0.05, 0.1) is 5.52 Å². The molecule has 2 heterocycles. The van der Waals surface area contributed by atoms with E-state index in [-0.39, 0.29) is 24.4 Å². The minimum absolute atomic E-state index is 0. The third-order valence-electron chi connectivity index (χ3n) is 4.02. The maximum Gasteiger partial charge on any atom is 0.275 e. The first-order valence-corrected chi connectivity index (χ1v) is 7.55. The van der Waals surface area contributed by atoms with E-state index < -0.39 is 0 Å². The largest absolute Gasteiger partial charge is 0.332 e. The van der Waals surface area contributed by atoms with Gasteiger partial charge < -0.3 is 10.2 Å². The molecule has 1 amide bonds. The van der Waals surface area contributed by atoms with Crippen LogP contribution >= 0.6 is 28.3 Å². The number of rotatable bonds is 1. The molecule has 0 radical (unpaired) electrons. The Kier molecular flexibility index (Phi) is 4.91. The molecule has 2 aromatic rings. The Hall–Kier alpha value is -1.11. The van der Waals surface area contributed by atoms with Crippen LogP contribution in [0.1, 0.15) is 24.3 Å². The summed E-state index contributed by atoms with van der Waals surface area (Å²) in [6.45, 7) is 5.71. The third-order valence-corrected chi connectivity index (χ3v) is 4.52. The second-order valence-corrected chi connectivity index (χ2v) is 6.16. The lowest BCUT2D eigenvalue weighted by atomic mass is 10.1. The third kappa shape index (κ3) is 2.93. The highest BCUT2D eigenvalue weighted by Gasteiger charge is 2.30. The Morgan fingerprint density at radius 3 is 2.95 bits per heavy atom. The minimum Gasteiger partial charge on any atom is -0.332 e. The van der Waals surface area contributed by atoms with Crippen molar-refractivity contribution in [1.29, 1.82) is 0 Å². The zero-order valence-corrected chi connectivity index (χ0v) is 14.3. The van der Waals surface area contributed by atoms with E-state index in [0.717, 1.165) is 21.9 Å². The van der Waals surface area contributed by atoms with Crippen LogP contribution in [0.3, 0.4) is 0 Å². The Morgan fingerprint density at radius 1 is 1.43 bits per heavy atom. The standard InChI is InChI=1S/C14H17BrN4O.ClH/c1-8-9(2)19(6-5-16-8)14(20)13-11-7-10(15)3-4-12(11)17-18-13;/h3-4,7-9,16H,5-6H2,1-2H3,(H,17,18);1H. The molecule has 1 aromatic heterocycles. The van der Waals surface area contributed by atoms with Crippen molar-refractivity contribution < 1.29 is 4.79 Å². The second kappa shape index (κ2) is 6.34. The molecule has 0 bridgehead atoms. The SMILES string of the molecule is CC1NCCN(C(=O)c2n[nH]c3ccc(Br)cc23)C1C.Cl. The number of aromatic nitrogens is 2. The fourth-order valence-corrected chi connectivity index (χ4v) is 2.99. The molecule has 1 saturated heterocycles. The van der Waals surface area contributed by atoms with E-state index >= 15 is 0 Å². The normalized spacial score (nSPS) is 22.1. The quantitative estimate of drug-likeness (QED) is 0.807. The van der Waals surface area contributed by atoms with Crippen LogP contribution in [0.25, 0.3) is 10.9 Å². The van der Waals surface area contributed by atoms with Crippen molar-refractivity contribution in [1.82, 2.24) is 20.4 Å². The highest BCUT2D eigenvalue weighted by Crippen LogP contribution is 2.23. The van der Waals surface area contributed by atoms with Gasteiger partial charge in [-0.2, -0.15) is 5.10 Å². The maximum absolute atomic E-state index is 12.7. The number of nitrogens with one attached hydrogen (secondary N) is 2. The van der Waals surface area contributed by atoms with Crippen LogP contribution in [0, 0.1) is 0 Å². The number of hydrogen-bond acceptors (Lipinski definition) is 3. The van der Waals surface area contributed by atoms with Crippen LogP contribution in [0.5, 0.6) is 0 Å². The highest BCUT2D eigenvalue weighted by atomic mass is 79.9. The van der Waals surface area contributed by atoms with E-state index in [1.807, 2.05) is 23.1 Å². The Labute approximate surface area is 138 Å². The van der Waals surface area contributed by atoms with E-state index in [4.69, 9.17) is 0 Å². The smallest absolute Gasteiger partial charge is 0.275 e. The monoisotopic (exact) mass is 372 g/mol. The zero-order valence-electron chi connectivity index (χ0n) is 11.9. The number of aromatic amines is 1. The molecule has 1 aliphatic rings. The van der Waals surface area contributed by atoms with Gasteiger partial charge >= 0.3 is 0 Å². The Balaban J connectivity index is 0.00000161. The molecular formula is C14H18BrClN4O. The maximum atomic E-state index is 12.7. The predicted octanol–water partition coefficient (Wildman–Crippen LogP) is 2.57. The second-order valence-electron chi connectivity index (χ2n) is 5.24. The zero-order chi connectivity index (χ0) is 14.3. The molecule has 0 saturated carbocycles. The summed E-state index contributed by atoms with van der Waals surface area (Å²) in [6.07, 6.45) is 0. The molecule has 2 N–H and O–H groups in total. The minimum atomic E-state index is -0.00444. The molecule has 0 spiro atoms. The van der Waals surface area contributed by atoms with Gasteiger partial charge in [0.25, 0.3) is 5.91 Å². The molecule has 2 unspecified atom stereocenters. The average Bonchev–Trinajstić information content (AvgIpc) is 2.84. The number of fused-ring (bicyclic) bond motifs is 1. The predicted molar refractivity (Wildman–Crippen MR) is 89.0 cm³/mol. The lowest BCUT2D eigenvalue weighted by molar-refractivity contribution is 0.0599. The summed E-state index contributed by atoms with van der Waals surface area (Å²) in [5, 5.41) is 11.4. The number of H-pyrrole nitrogens is 1. The lowest BCUT2D eigenvalue weighted by Gasteiger charge is -2.38. The molecule has 114 valence electrons. The van der Waals surface area contributed by atoms with E-state index in [1.165, 1.54) is 0 Å². The van der Waals surface area contributed by atoms with E-state index in [1.54, 1.807) is 0 Å². The number of benzene rings is 1. The summed E-state index contributed by atoms with van der Waals surface area (Å²) in [5.41, 5.74) is 1.38. The van der Waals surface area contributed by atoms with Gasteiger partial charge in [0.15, 0.2) is 5.69 Å². The van der Waals surface area contributed by atoms with Crippen molar-refractivity contribution in [2.24, 2.45) is 0 Å². The van der Waals surface area contributed by atoms with E-state index in [9.17, 15) is 4.79 Å². The van der Waals surface area contributed by atoms with Gasteiger partial charge in [-0.3, -0.25) is 9.89 Å². The molecular weight excluding hydrogens is 356 g/mol. The molecule has 21 heavy (non-hydrogen) atoms. The van der Waals surface area contributed by atoms with Crippen molar-refractivity contribution in [2.75, 3.05) is 13.1 Å².